The Labute approximate surface area is 127 Å². The first kappa shape index (κ1) is 13.6. The highest BCUT2D eigenvalue weighted by Gasteiger charge is 2.37. The Balaban J connectivity index is 1.40. The van der Waals surface area contributed by atoms with E-state index in [4.69, 9.17) is 9.84 Å². The summed E-state index contributed by atoms with van der Waals surface area (Å²) in [5, 5.41) is 18.7. The van der Waals surface area contributed by atoms with E-state index >= 15 is 0 Å². The molecule has 1 aromatic rings. The third-order valence-electron chi connectivity index (χ3n) is 4.33. The fourth-order valence-electron chi connectivity index (χ4n) is 2.86. The topological polar surface area (TPSA) is 77.2 Å². The van der Waals surface area contributed by atoms with Gasteiger partial charge in [-0.25, -0.2) is 4.79 Å². The summed E-state index contributed by atoms with van der Waals surface area (Å²) in [4.78, 5) is 10.9. The number of nitrogens with zero attached hydrogens (tertiary/aromatic N) is 3. The van der Waals surface area contributed by atoms with Gasteiger partial charge in [0.1, 0.15) is 5.82 Å². The van der Waals surface area contributed by atoms with Crippen molar-refractivity contribution in [3.05, 3.63) is 5.82 Å². The molecule has 1 saturated heterocycles. The molecule has 1 N–H and O–H groups in total. The highest BCUT2D eigenvalue weighted by Crippen LogP contribution is 2.46. The monoisotopic (exact) mass is 309 g/mol. The second-order valence-corrected chi connectivity index (χ2v) is 7.18. The zero-order valence-electron chi connectivity index (χ0n) is 11.8. The van der Waals surface area contributed by atoms with Crippen molar-refractivity contribution in [2.75, 3.05) is 5.75 Å². The number of hydrogen-bond acceptors (Lipinski definition) is 5. The molecule has 0 bridgehead atoms. The molecule has 2 saturated carbocycles. The molecule has 4 rings (SSSR count). The predicted octanol–water partition coefficient (Wildman–Crippen LogP) is 2.21. The molecule has 1 aromatic heterocycles. The van der Waals surface area contributed by atoms with Crippen molar-refractivity contribution < 1.29 is 14.6 Å². The van der Waals surface area contributed by atoms with Crippen LogP contribution >= 0.6 is 11.8 Å². The molecule has 2 aliphatic carbocycles. The highest BCUT2D eigenvalue weighted by molar-refractivity contribution is 7.99. The average molecular weight is 309 g/mol. The number of thioether (sulfide) groups is 1. The molecule has 1 aliphatic heterocycles. The zero-order valence-corrected chi connectivity index (χ0v) is 12.6. The molecule has 7 heteroatoms. The van der Waals surface area contributed by atoms with Crippen molar-refractivity contribution >= 4 is 17.7 Å². The Morgan fingerprint density at radius 2 is 2.05 bits per heavy atom. The van der Waals surface area contributed by atoms with Crippen molar-refractivity contribution in [2.45, 2.75) is 67.8 Å². The van der Waals surface area contributed by atoms with Crippen LogP contribution < -0.4 is 0 Å². The largest absolute Gasteiger partial charge is 0.479 e. The van der Waals surface area contributed by atoms with Crippen molar-refractivity contribution in [1.29, 1.82) is 0 Å². The van der Waals surface area contributed by atoms with Gasteiger partial charge < -0.3 is 14.4 Å². The van der Waals surface area contributed by atoms with Crippen molar-refractivity contribution in [2.24, 2.45) is 0 Å². The summed E-state index contributed by atoms with van der Waals surface area (Å²) in [6, 6.07) is 0.592. The number of rotatable bonds is 6. The SMILES string of the molecule is O=C(O)C1CCC(CSc2nnc(C3CC3)n2C2CC2)O1. The van der Waals surface area contributed by atoms with Crippen LogP contribution in [0.1, 0.15) is 56.3 Å². The summed E-state index contributed by atoms with van der Waals surface area (Å²) < 4.78 is 7.87. The van der Waals surface area contributed by atoms with E-state index in [9.17, 15) is 4.79 Å². The summed E-state index contributed by atoms with van der Waals surface area (Å²) in [5.74, 6) is 1.70. The smallest absolute Gasteiger partial charge is 0.332 e. The van der Waals surface area contributed by atoms with Crippen LogP contribution in [0.15, 0.2) is 5.16 Å². The third kappa shape index (κ3) is 2.81. The lowest BCUT2D eigenvalue weighted by Gasteiger charge is -2.12. The minimum atomic E-state index is -0.848. The summed E-state index contributed by atoms with van der Waals surface area (Å²) in [7, 11) is 0. The maximum atomic E-state index is 10.9. The predicted molar refractivity (Wildman–Crippen MR) is 76.5 cm³/mol. The van der Waals surface area contributed by atoms with Gasteiger partial charge in [0.25, 0.3) is 0 Å². The Hall–Kier alpha value is -1.08. The van der Waals surface area contributed by atoms with Gasteiger partial charge in [-0.1, -0.05) is 11.8 Å². The Bertz CT molecular complexity index is 554. The maximum absolute atomic E-state index is 10.9. The van der Waals surface area contributed by atoms with Crippen LogP contribution in [-0.4, -0.2) is 43.8 Å². The van der Waals surface area contributed by atoms with Crippen LogP contribution in [0.4, 0.5) is 0 Å². The van der Waals surface area contributed by atoms with Gasteiger partial charge in [-0.15, -0.1) is 10.2 Å². The first-order valence-electron chi connectivity index (χ1n) is 7.68. The molecule has 114 valence electrons. The Kier molecular flexibility index (Phi) is 3.41. The van der Waals surface area contributed by atoms with Crippen LogP contribution in [0.2, 0.25) is 0 Å². The first-order valence-corrected chi connectivity index (χ1v) is 8.67. The molecule has 6 nitrogen and oxygen atoms in total. The van der Waals surface area contributed by atoms with Crippen LogP contribution in [0, 0.1) is 0 Å². The molecule has 21 heavy (non-hydrogen) atoms. The fourth-order valence-corrected chi connectivity index (χ4v) is 3.92. The second kappa shape index (κ2) is 5.28. The van der Waals surface area contributed by atoms with Gasteiger partial charge >= 0.3 is 5.97 Å². The van der Waals surface area contributed by atoms with Crippen molar-refractivity contribution in [1.82, 2.24) is 14.8 Å². The number of ether oxygens (including phenoxy) is 1. The van der Waals surface area contributed by atoms with E-state index in [2.05, 4.69) is 14.8 Å². The van der Waals surface area contributed by atoms with Gasteiger partial charge in [0.05, 0.1) is 6.10 Å². The molecule has 3 aliphatic rings. The number of carboxylic acid groups (broad SMARTS) is 1. The minimum absolute atomic E-state index is 0.0184. The fraction of sp³-hybridized carbons (Fsp3) is 0.786. The molecule has 2 heterocycles. The molecule has 2 unspecified atom stereocenters. The van der Waals surface area contributed by atoms with Gasteiger partial charge in [-0.2, -0.15) is 0 Å². The highest BCUT2D eigenvalue weighted by atomic mass is 32.2. The van der Waals surface area contributed by atoms with Crippen LogP contribution in [0.25, 0.3) is 0 Å². The Morgan fingerprint density at radius 3 is 2.67 bits per heavy atom. The molecule has 0 spiro atoms. The molecular formula is C14H19N3O3S. The van der Waals surface area contributed by atoms with E-state index < -0.39 is 12.1 Å². The minimum Gasteiger partial charge on any atom is -0.479 e. The van der Waals surface area contributed by atoms with E-state index in [0.29, 0.717) is 18.4 Å². The van der Waals surface area contributed by atoms with Gasteiger partial charge in [0.15, 0.2) is 11.3 Å². The lowest BCUT2D eigenvalue weighted by molar-refractivity contribution is -0.148. The molecule has 2 atom stereocenters. The third-order valence-corrected chi connectivity index (χ3v) is 5.40. The van der Waals surface area contributed by atoms with Crippen molar-refractivity contribution in [3.63, 3.8) is 0 Å². The number of hydrogen-bond donors (Lipinski definition) is 1. The first-order chi connectivity index (χ1) is 10.2. The van der Waals surface area contributed by atoms with Crippen LogP contribution in [0.3, 0.4) is 0 Å². The van der Waals surface area contributed by atoms with Gasteiger partial charge in [0, 0.05) is 17.7 Å². The molecule has 0 radical (unpaired) electrons. The zero-order chi connectivity index (χ0) is 14.4. The maximum Gasteiger partial charge on any atom is 0.332 e. The summed E-state index contributed by atoms with van der Waals surface area (Å²) >= 11 is 1.66. The molecule has 3 fully saturated rings. The van der Waals surface area contributed by atoms with E-state index in [1.165, 1.54) is 25.7 Å². The van der Waals surface area contributed by atoms with Gasteiger partial charge in [-0.3, -0.25) is 0 Å². The lowest BCUT2D eigenvalue weighted by atomic mass is 10.2. The summed E-state index contributed by atoms with van der Waals surface area (Å²) in [6.07, 6.45) is 5.76. The quantitative estimate of drug-likeness (QED) is 0.812. The van der Waals surface area contributed by atoms with Crippen LogP contribution in [0.5, 0.6) is 0 Å². The summed E-state index contributed by atoms with van der Waals surface area (Å²) in [6.45, 7) is 0. The van der Waals surface area contributed by atoms with E-state index in [1.807, 2.05) is 0 Å². The van der Waals surface area contributed by atoms with E-state index in [0.717, 1.165) is 23.2 Å². The number of carbonyl (C=O) groups is 1. The number of aromatic nitrogens is 3. The molecule has 0 amide bonds. The standard InChI is InChI=1S/C14H19N3O3S/c18-13(19)11-6-5-10(20-11)7-21-14-16-15-12(8-1-2-8)17(14)9-3-4-9/h8-11H,1-7H2,(H,18,19). The van der Waals surface area contributed by atoms with E-state index in [-0.39, 0.29) is 6.10 Å². The lowest BCUT2D eigenvalue weighted by Crippen LogP contribution is -2.21. The van der Waals surface area contributed by atoms with Crippen LogP contribution in [-0.2, 0) is 9.53 Å². The van der Waals surface area contributed by atoms with Gasteiger partial charge in [0.2, 0.25) is 0 Å². The summed E-state index contributed by atoms with van der Waals surface area (Å²) in [5.41, 5.74) is 0. The normalized spacial score (nSPS) is 29.0. The average Bonchev–Trinajstić information content (AvgIpc) is 3.39. The van der Waals surface area contributed by atoms with Gasteiger partial charge in [-0.05, 0) is 38.5 Å². The van der Waals surface area contributed by atoms with Crippen molar-refractivity contribution in [3.8, 4) is 0 Å². The van der Waals surface area contributed by atoms with E-state index in [1.54, 1.807) is 11.8 Å². The number of carboxylic acids is 1. The Morgan fingerprint density at radius 1 is 1.24 bits per heavy atom. The molecular weight excluding hydrogens is 290 g/mol. The molecule has 0 aromatic carbocycles. The number of aliphatic carboxylic acids is 1. The second-order valence-electron chi connectivity index (χ2n) is 6.19.